The molecule has 0 radical (unpaired) electrons. The Morgan fingerprint density at radius 2 is 2.05 bits per heavy atom. The van der Waals surface area contributed by atoms with Gasteiger partial charge in [-0.15, -0.1) is 11.3 Å². The van der Waals surface area contributed by atoms with Crippen LogP contribution in [0.5, 0.6) is 6.01 Å². The van der Waals surface area contributed by atoms with E-state index >= 15 is 4.39 Å². The van der Waals surface area contributed by atoms with Crippen LogP contribution in [0.4, 0.5) is 19.6 Å². The predicted octanol–water partition coefficient (Wildman–Crippen LogP) is 5.79. The number of anilines is 2. The van der Waals surface area contributed by atoms with Crippen molar-refractivity contribution >= 4 is 54.7 Å². The maximum absolute atomic E-state index is 16.8. The number of nitrogens with two attached hydrogens (primary N) is 1. The normalized spacial score (nSPS) is 26.4. The summed E-state index contributed by atoms with van der Waals surface area (Å²) in [4.78, 5) is 11.6. The third kappa shape index (κ3) is 4.03. The molecule has 5 heterocycles. The zero-order chi connectivity index (χ0) is 28.7. The molecule has 8 rings (SSSR count). The highest BCUT2D eigenvalue weighted by Crippen LogP contribution is 2.48. The lowest BCUT2D eigenvalue weighted by atomic mass is 9.89. The van der Waals surface area contributed by atoms with Crippen LogP contribution in [0, 0.1) is 28.4 Å². The van der Waals surface area contributed by atoms with Crippen molar-refractivity contribution in [2.75, 3.05) is 36.9 Å². The molecule has 3 saturated heterocycles. The van der Waals surface area contributed by atoms with E-state index < -0.39 is 11.6 Å². The molecular formula is C30H27ClF2N6O2S. The van der Waals surface area contributed by atoms with Crippen molar-refractivity contribution in [1.29, 1.82) is 5.26 Å². The van der Waals surface area contributed by atoms with Crippen LogP contribution in [0.1, 0.15) is 37.7 Å². The number of piperazine rings is 1. The van der Waals surface area contributed by atoms with Crippen LogP contribution in [0.25, 0.3) is 32.1 Å². The number of nitrogen functional groups attached to an aromatic ring is 1. The van der Waals surface area contributed by atoms with Crippen molar-refractivity contribution in [3.63, 3.8) is 0 Å². The minimum atomic E-state index is -0.686. The zero-order valence-corrected chi connectivity index (χ0v) is 24.1. The number of hydrogen-bond acceptors (Lipinski definition) is 9. The van der Waals surface area contributed by atoms with Gasteiger partial charge >= 0.3 is 6.01 Å². The molecule has 2 aromatic heterocycles. The number of rotatable bonds is 5. The summed E-state index contributed by atoms with van der Waals surface area (Å²) < 4.78 is 43.8. The monoisotopic (exact) mass is 608 g/mol. The number of hydrogen-bond donors (Lipinski definition) is 2. The van der Waals surface area contributed by atoms with Crippen molar-refractivity contribution in [1.82, 2.24) is 15.3 Å². The number of fused-ring (bicyclic) bond motifs is 6. The van der Waals surface area contributed by atoms with Crippen molar-refractivity contribution < 1.29 is 18.3 Å². The highest BCUT2D eigenvalue weighted by molar-refractivity contribution is 7.23. The molecule has 4 fully saturated rings. The molecule has 4 aromatic rings. The Bertz CT molecular complexity index is 1810. The summed E-state index contributed by atoms with van der Waals surface area (Å²) in [5.41, 5.74) is 6.44. The van der Waals surface area contributed by atoms with Crippen molar-refractivity contribution in [3.8, 4) is 23.2 Å². The zero-order valence-electron chi connectivity index (χ0n) is 22.6. The number of ether oxygens (including phenoxy) is 2. The van der Waals surface area contributed by atoms with Crippen LogP contribution in [0.2, 0.25) is 5.02 Å². The first-order valence-corrected chi connectivity index (χ1v) is 15.4. The third-order valence-electron chi connectivity index (χ3n) is 9.35. The summed E-state index contributed by atoms with van der Waals surface area (Å²) in [7, 11) is 0. The van der Waals surface area contributed by atoms with Gasteiger partial charge in [-0.3, -0.25) is 0 Å². The summed E-state index contributed by atoms with van der Waals surface area (Å²) in [6.07, 6.45) is 5.38. The van der Waals surface area contributed by atoms with E-state index in [0.29, 0.717) is 36.5 Å². The Balaban J connectivity index is 1.30. The van der Waals surface area contributed by atoms with E-state index in [1.807, 2.05) is 6.07 Å². The van der Waals surface area contributed by atoms with Crippen LogP contribution in [0.3, 0.4) is 0 Å². The van der Waals surface area contributed by atoms with Gasteiger partial charge in [0.1, 0.15) is 28.2 Å². The maximum Gasteiger partial charge on any atom is 0.319 e. The predicted molar refractivity (Wildman–Crippen MR) is 158 cm³/mol. The lowest BCUT2D eigenvalue weighted by Crippen LogP contribution is -2.51. The minimum absolute atomic E-state index is 0.0286. The Hall–Kier alpha value is -3.30. The van der Waals surface area contributed by atoms with Crippen molar-refractivity contribution in [3.05, 3.63) is 40.4 Å². The van der Waals surface area contributed by atoms with Gasteiger partial charge < -0.3 is 25.4 Å². The van der Waals surface area contributed by atoms with E-state index in [0.717, 1.165) is 56.5 Å². The van der Waals surface area contributed by atoms with Gasteiger partial charge in [-0.2, -0.15) is 15.2 Å². The number of aromatic nitrogens is 2. The first-order valence-electron chi connectivity index (χ1n) is 14.2. The van der Waals surface area contributed by atoms with Crippen LogP contribution in [0.15, 0.2) is 18.2 Å². The molecule has 42 heavy (non-hydrogen) atoms. The molecule has 0 spiro atoms. The molecule has 12 heteroatoms. The Morgan fingerprint density at radius 1 is 1.24 bits per heavy atom. The summed E-state index contributed by atoms with van der Waals surface area (Å²) >= 11 is 7.77. The molecule has 4 atom stereocenters. The van der Waals surface area contributed by atoms with Gasteiger partial charge in [0, 0.05) is 46.9 Å². The average molecular weight is 609 g/mol. The molecule has 8 nitrogen and oxygen atoms in total. The summed E-state index contributed by atoms with van der Waals surface area (Å²) in [6.45, 7) is 2.47. The lowest BCUT2D eigenvalue weighted by Gasteiger charge is -2.34. The summed E-state index contributed by atoms with van der Waals surface area (Å²) in [6, 6.07) is 7.13. The molecule has 2 aromatic carbocycles. The smallest absolute Gasteiger partial charge is 0.319 e. The van der Waals surface area contributed by atoms with E-state index in [9.17, 15) is 9.65 Å². The van der Waals surface area contributed by atoms with E-state index in [1.54, 1.807) is 6.07 Å². The van der Waals surface area contributed by atoms with Crippen molar-refractivity contribution in [2.24, 2.45) is 5.41 Å². The summed E-state index contributed by atoms with van der Waals surface area (Å²) in [5, 5.41) is 14.4. The fraction of sp³-hybridized carbons (Fsp3) is 0.433. The molecule has 4 unspecified atom stereocenters. The highest BCUT2D eigenvalue weighted by Gasteiger charge is 2.47. The number of benzene rings is 2. The van der Waals surface area contributed by atoms with Crippen molar-refractivity contribution in [2.45, 2.75) is 50.3 Å². The Kier molecular flexibility index (Phi) is 6.02. The first-order chi connectivity index (χ1) is 20.3. The maximum atomic E-state index is 16.8. The summed E-state index contributed by atoms with van der Waals surface area (Å²) in [5.74, 6) is -0.650. The molecule has 3 aliphatic heterocycles. The van der Waals surface area contributed by atoms with Crippen LogP contribution in [-0.2, 0) is 4.74 Å². The van der Waals surface area contributed by atoms with Crippen LogP contribution < -0.4 is 20.7 Å². The number of thiophene rings is 1. The fourth-order valence-electron chi connectivity index (χ4n) is 7.30. The van der Waals surface area contributed by atoms with Gasteiger partial charge in [-0.1, -0.05) is 17.7 Å². The van der Waals surface area contributed by atoms with E-state index in [2.05, 4.69) is 15.2 Å². The number of nitrogens with one attached hydrogen (secondary N) is 1. The number of halogens is 3. The molecule has 3 N–H and O–H groups in total. The second-order valence-electron chi connectivity index (χ2n) is 12.0. The Labute approximate surface area is 249 Å². The van der Waals surface area contributed by atoms with Crippen LogP contribution in [-0.4, -0.2) is 54.5 Å². The van der Waals surface area contributed by atoms with Crippen LogP contribution >= 0.6 is 22.9 Å². The lowest BCUT2D eigenvalue weighted by molar-refractivity contribution is 0.0312. The van der Waals surface area contributed by atoms with Gasteiger partial charge in [0.05, 0.1) is 34.6 Å². The minimum Gasteiger partial charge on any atom is -0.463 e. The molecule has 4 aliphatic rings. The third-order valence-corrected chi connectivity index (χ3v) is 10.7. The number of nitrogens with zero attached hydrogens (tertiary/aromatic N) is 4. The molecule has 1 saturated carbocycles. The molecule has 1 aliphatic carbocycles. The van der Waals surface area contributed by atoms with Gasteiger partial charge in [-0.25, -0.2) is 8.78 Å². The Morgan fingerprint density at radius 3 is 2.74 bits per heavy atom. The van der Waals surface area contributed by atoms with E-state index in [1.165, 1.54) is 12.1 Å². The van der Waals surface area contributed by atoms with Gasteiger partial charge in [0.2, 0.25) is 0 Å². The SMILES string of the molecule is N#Cc1c(N)sc2c(F)ccc(-c3c(Cl)cc4c(N5CC6CCC(C5)N6)nc(OCC56CCC(C5)OC6)nc4c3F)c12. The van der Waals surface area contributed by atoms with Gasteiger partial charge in [0.25, 0.3) is 0 Å². The standard InChI is InChI=1S/C30H27ClF2N6O2S/c31-20-7-18-25(24(33)23(20)17-3-4-21(32)26-22(17)19(9-34)27(35)42-26)37-29(41-13-30-6-5-16(8-30)40-12-30)38-28(18)39-10-14-1-2-15(11-39)36-14/h3-4,7,14-16,36H,1-2,5-6,8,10-13,35H2. The molecule has 216 valence electrons. The average Bonchev–Trinajstić information content (AvgIpc) is 3.75. The molecule has 0 amide bonds. The highest BCUT2D eigenvalue weighted by atomic mass is 35.5. The largest absolute Gasteiger partial charge is 0.463 e. The number of nitriles is 1. The molecule has 4 bridgehead atoms. The second-order valence-corrected chi connectivity index (χ2v) is 13.5. The second kappa shape index (κ2) is 9.61. The topological polar surface area (TPSA) is 109 Å². The van der Waals surface area contributed by atoms with E-state index in [4.69, 9.17) is 31.8 Å². The molecular weight excluding hydrogens is 582 g/mol. The fourth-order valence-corrected chi connectivity index (χ4v) is 8.55. The van der Waals surface area contributed by atoms with Gasteiger partial charge in [-0.05, 0) is 49.8 Å². The van der Waals surface area contributed by atoms with E-state index in [-0.39, 0.29) is 59.8 Å². The van der Waals surface area contributed by atoms with Gasteiger partial charge in [0.15, 0.2) is 5.82 Å². The quantitative estimate of drug-likeness (QED) is 0.293. The first kappa shape index (κ1) is 26.3.